The topological polar surface area (TPSA) is 74.7 Å². The molecule has 1 aliphatic heterocycles. The van der Waals surface area contributed by atoms with Crippen LogP contribution in [0.4, 0.5) is 5.69 Å². The number of carbonyl (C=O) groups is 3. The summed E-state index contributed by atoms with van der Waals surface area (Å²) in [5.74, 6) is -3.27. The molecule has 1 aliphatic rings. The lowest BCUT2D eigenvalue weighted by Gasteiger charge is -2.19. The fraction of sp³-hybridized carbons (Fsp3) is 0.308. The highest BCUT2D eigenvalue weighted by molar-refractivity contribution is 6.39. The van der Waals surface area contributed by atoms with Crippen LogP contribution in [0, 0.1) is 11.8 Å². The number of aromatic carboxylic acids is 1. The van der Waals surface area contributed by atoms with Crippen LogP contribution in [0.25, 0.3) is 0 Å². The van der Waals surface area contributed by atoms with Gasteiger partial charge in [-0.15, -0.1) is 0 Å². The van der Waals surface area contributed by atoms with Crippen LogP contribution in [0.3, 0.4) is 0 Å². The van der Waals surface area contributed by atoms with Crippen molar-refractivity contribution in [3.63, 3.8) is 0 Å². The molecule has 2 amide bonds. The molecule has 1 N–H and O–H groups in total. The van der Waals surface area contributed by atoms with Crippen molar-refractivity contribution in [3.05, 3.63) is 27.7 Å². The number of hydrogen-bond donors (Lipinski definition) is 1. The van der Waals surface area contributed by atoms with Gasteiger partial charge in [0.1, 0.15) is 0 Å². The first-order valence-corrected chi connectivity index (χ1v) is 6.61. The zero-order valence-corrected chi connectivity index (χ0v) is 12.2. The number of anilines is 1. The molecular formula is C13H11Cl2NO4. The minimum absolute atomic E-state index is 0.0436. The molecule has 5 nitrogen and oxygen atoms in total. The van der Waals surface area contributed by atoms with Crippen molar-refractivity contribution >= 4 is 46.7 Å². The number of carboxylic acids is 1. The number of rotatable bonds is 2. The first kappa shape index (κ1) is 14.8. The fourth-order valence-electron chi connectivity index (χ4n) is 2.12. The van der Waals surface area contributed by atoms with Gasteiger partial charge < -0.3 is 5.11 Å². The van der Waals surface area contributed by atoms with E-state index in [0.717, 1.165) is 4.90 Å². The highest BCUT2D eigenvalue weighted by atomic mass is 35.5. The number of carbonyl (C=O) groups excluding carboxylic acids is 2. The van der Waals surface area contributed by atoms with E-state index in [-0.39, 0.29) is 21.3 Å². The Hall–Kier alpha value is -1.59. The minimum Gasteiger partial charge on any atom is -0.478 e. The summed E-state index contributed by atoms with van der Waals surface area (Å²) in [5, 5.41) is 9.29. The van der Waals surface area contributed by atoms with E-state index >= 15 is 0 Å². The largest absolute Gasteiger partial charge is 0.478 e. The van der Waals surface area contributed by atoms with Gasteiger partial charge in [-0.2, -0.15) is 0 Å². The van der Waals surface area contributed by atoms with Crippen molar-refractivity contribution < 1.29 is 19.5 Å². The van der Waals surface area contributed by atoms with E-state index in [1.165, 1.54) is 12.1 Å². The molecule has 0 radical (unpaired) electrons. The summed E-state index contributed by atoms with van der Waals surface area (Å²) in [5.41, 5.74) is -0.389. The van der Waals surface area contributed by atoms with Crippen LogP contribution in [0.1, 0.15) is 24.2 Å². The van der Waals surface area contributed by atoms with Gasteiger partial charge in [-0.1, -0.05) is 37.0 Å². The molecule has 2 rings (SSSR count). The van der Waals surface area contributed by atoms with Crippen LogP contribution >= 0.6 is 23.2 Å². The predicted octanol–water partition coefficient (Wildman–Crippen LogP) is 2.84. The van der Waals surface area contributed by atoms with Gasteiger partial charge in [0, 0.05) is 16.9 Å². The van der Waals surface area contributed by atoms with E-state index in [1.807, 2.05) is 0 Å². The average Bonchev–Trinajstić information content (AvgIpc) is 2.54. The van der Waals surface area contributed by atoms with Crippen molar-refractivity contribution in [2.45, 2.75) is 13.8 Å². The first-order valence-electron chi connectivity index (χ1n) is 5.85. The molecule has 0 aliphatic carbocycles. The fourth-order valence-corrected chi connectivity index (χ4v) is 2.70. The van der Waals surface area contributed by atoms with E-state index in [1.54, 1.807) is 13.8 Å². The second-order valence-electron chi connectivity index (χ2n) is 4.68. The van der Waals surface area contributed by atoms with Gasteiger partial charge in [0.15, 0.2) is 0 Å². The zero-order chi connectivity index (χ0) is 15.2. The van der Waals surface area contributed by atoms with Gasteiger partial charge >= 0.3 is 5.97 Å². The molecule has 1 fully saturated rings. The Morgan fingerprint density at radius 1 is 1.15 bits per heavy atom. The SMILES string of the molecule is CC1C(=O)N(c2c(Cl)cc(Cl)cc2C(=O)O)C(=O)C1C. The van der Waals surface area contributed by atoms with Crippen molar-refractivity contribution in [1.29, 1.82) is 0 Å². The lowest BCUT2D eigenvalue weighted by molar-refractivity contribution is -0.122. The molecule has 1 heterocycles. The van der Waals surface area contributed by atoms with E-state index in [0.29, 0.717) is 0 Å². The summed E-state index contributed by atoms with van der Waals surface area (Å²) in [6, 6.07) is 2.47. The Balaban J connectivity index is 2.67. The van der Waals surface area contributed by atoms with Crippen molar-refractivity contribution in [2.75, 3.05) is 4.90 Å². The molecule has 20 heavy (non-hydrogen) atoms. The maximum atomic E-state index is 12.2. The number of halogens is 2. The van der Waals surface area contributed by atoms with Gasteiger partial charge in [-0.25, -0.2) is 9.69 Å². The quantitative estimate of drug-likeness (QED) is 0.851. The number of amides is 2. The van der Waals surface area contributed by atoms with Crippen molar-refractivity contribution in [1.82, 2.24) is 0 Å². The molecule has 0 bridgehead atoms. The molecule has 1 saturated heterocycles. The molecule has 106 valence electrons. The van der Waals surface area contributed by atoms with Crippen molar-refractivity contribution in [3.8, 4) is 0 Å². The summed E-state index contributed by atoms with van der Waals surface area (Å²) in [6.07, 6.45) is 0. The molecule has 0 saturated carbocycles. The maximum absolute atomic E-state index is 12.2. The second kappa shape index (κ2) is 5.07. The summed E-state index contributed by atoms with van der Waals surface area (Å²) in [7, 11) is 0. The monoisotopic (exact) mass is 315 g/mol. The summed E-state index contributed by atoms with van der Waals surface area (Å²) in [4.78, 5) is 36.5. The number of carboxylic acid groups (broad SMARTS) is 1. The highest BCUT2D eigenvalue weighted by Gasteiger charge is 2.45. The molecule has 7 heteroatoms. The lowest BCUT2D eigenvalue weighted by Crippen LogP contribution is -2.32. The van der Waals surface area contributed by atoms with Crippen LogP contribution in [0.15, 0.2) is 12.1 Å². The number of nitrogens with zero attached hydrogens (tertiary/aromatic N) is 1. The van der Waals surface area contributed by atoms with Crippen molar-refractivity contribution in [2.24, 2.45) is 11.8 Å². The van der Waals surface area contributed by atoms with Gasteiger partial charge in [0.2, 0.25) is 11.8 Å². The molecule has 2 unspecified atom stereocenters. The van der Waals surface area contributed by atoms with Crippen LogP contribution in [-0.4, -0.2) is 22.9 Å². The summed E-state index contributed by atoms with van der Waals surface area (Å²) in [6.45, 7) is 3.24. The zero-order valence-electron chi connectivity index (χ0n) is 10.7. The third kappa shape index (κ3) is 2.17. The van der Waals surface area contributed by atoms with Crippen LogP contribution in [0.5, 0.6) is 0 Å². The Morgan fingerprint density at radius 2 is 1.65 bits per heavy atom. The third-order valence-electron chi connectivity index (χ3n) is 3.45. The molecule has 0 aromatic heterocycles. The normalized spacial score (nSPS) is 22.5. The molecular weight excluding hydrogens is 305 g/mol. The number of benzene rings is 1. The predicted molar refractivity (Wildman–Crippen MR) is 74.2 cm³/mol. The summed E-state index contributed by atoms with van der Waals surface area (Å²) < 4.78 is 0. The third-order valence-corrected chi connectivity index (χ3v) is 3.96. The summed E-state index contributed by atoms with van der Waals surface area (Å²) >= 11 is 11.8. The van der Waals surface area contributed by atoms with Crippen LogP contribution in [0.2, 0.25) is 10.0 Å². The number of hydrogen-bond acceptors (Lipinski definition) is 3. The maximum Gasteiger partial charge on any atom is 0.337 e. The molecule has 1 aromatic carbocycles. The average molecular weight is 316 g/mol. The molecule has 0 spiro atoms. The Labute approximate surface area is 125 Å². The molecule has 2 atom stereocenters. The van der Waals surface area contributed by atoms with Gasteiger partial charge in [-0.05, 0) is 12.1 Å². The Kier molecular flexibility index (Phi) is 3.75. The standard InChI is InChI=1S/C13H11Cl2NO4/c1-5-6(2)12(18)16(11(5)17)10-8(13(19)20)3-7(14)4-9(10)15/h3-6H,1-2H3,(H,19,20). The Morgan fingerprint density at radius 3 is 2.10 bits per heavy atom. The van der Waals surface area contributed by atoms with E-state index in [9.17, 15) is 19.5 Å². The highest BCUT2D eigenvalue weighted by Crippen LogP contribution is 2.38. The van der Waals surface area contributed by atoms with E-state index in [4.69, 9.17) is 23.2 Å². The van der Waals surface area contributed by atoms with Gasteiger partial charge in [-0.3, -0.25) is 9.59 Å². The lowest BCUT2D eigenvalue weighted by atomic mass is 10.00. The first-order chi connectivity index (χ1) is 9.25. The van der Waals surface area contributed by atoms with Crippen LogP contribution < -0.4 is 4.90 Å². The molecule has 1 aromatic rings. The van der Waals surface area contributed by atoms with E-state index in [2.05, 4.69) is 0 Å². The minimum atomic E-state index is -1.31. The van der Waals surface area contributed by atoms with Gasteiger partial charge in [0.25, 0.3) is 0 Å². The Bertz CT molecular complexity index is 609. The van der Waals surface area contributed by atoms with Gasteiger partial charge in [0.05, 0.1) is 16.3 Å². The van der Waals surface area contributed by atoms with E-state index < -0.39 is 29.6 Å². The number of imide groups is 1. The smallest absolute Gasteiger partial charge is 0.337 e. The second-order valence-corrected chi connectivity index (χ2v) is 5.52. The van der Waals surface area contributed by atoms with Crippen LogP contribution in [-0.2, 0) is 9.59 Å².